The van der Waals surface area contributed by atoms with Crippen molar-refractivity contribution >= 4 is 5.91 Å². The summed E-state index contributed by atoms with van der Waals surface area (Å²) in [6.45, 7) is 3.26. The largest absolute Gasteiger partial charge is 0.493 e. The topological polar surface area (TPSA) is 59.0 Å². The van der Waals surface area contributed by atoms with Gasteiger partial charge in [-0.15, -0.1) is 0 Å². The van der Waals surface area contributed by atoms with Crippen LogP contribution in [0.25, 0.3) is 0 Å². The Hall–Kier alpha value is -1.75. The summed E-state index contributed by atoms with van der Waals surface area (Å²) in [5, 5.41) is 8.84. The van der Waals surface area contributed by atoms with Gasteiger partial charge >= 0.3 is 0 Å². The molecular formula is C15H23NO4. The van der Waals surface area contributed by atoms with E-state index in [2.05, 4.69) is 0 Å². The van der Waals surface area contributed by atoms with Crippen molar-refractivity contribution in [1.82, 2.24) is 4.90 Å². The van der Waals surface area contributed by atoms with Gasteiger partial charge in [0, 0.05) is 19.7 Å². The standard InChI is InChI=1S/C15H23NO4/c1-4-16(8-5-9-17)15(18)11-12-6-7-13(19-2)14(10-12)20-3/h6-7,10,17H,4-5,8-9,11H2,1-3H3. The summed E-state index contributed by atoms with van der Waals surface area (Å²) in [5.74, 6) is 1.32. The number of likely N-dealkylation sites (N-methyl/N-ethyl adjacent to an activating group) is 1. The molecule has 0 aliphatic rings. The fourth-order valence-electron chi connectivity index (χ4n) is 2.00. The Morgan fingerprint density at radius 2 is 1.95 bits per heavy atom. The van der Waals surface area contributed by atoms with Crippen LogP contribution < -0.4 is 9.47 Å². The van der Waals surface area contributed by atoms with Gasteiger partial charge in [-0.3, -0.25) is 4.79 Å². The molecule has 5 nitrogen and oxygen atoms in total. The van der Waals surface area contributed by atoms with Crippen LogP contribution in [0.4, 0.5) is 0 Å². The van der Waals surface area contributed by atoms with E-state index in [1.807, 2.05) is 19.1 Å². The number of hydrogen-bond donors (Lipinski definition) is 1. The highest BCUT2D eigenvalue weighted by Gasteiger charge is 2.13. The number of methoxy groups -OCH3 is 2. The Bertz CT molecular complexity index is 434. The zero-order chi connectivity index (χ0) is 15.0. The first kappa shape index (κ1) is 16.3. The molecule has 1 amide bonds. The number of rotatable bonds is 8. The smallest absolute Gasteiger partial charge is 0.226 e. The van der Waals surface area contributed by atoms with E-state index in [1.54, 1.807) is 25.2 Å². The van der Waals surface area contributed by atoms with Gasteiger partial charge in [0.05, 0.1) is 20.6 Å². The van der Waals surface area contributed by atoms with Gasteiger partial charge < -0.3 is 19.5 Å². The lowest BCUT2D eigenvalue weighted by molar-refractivity contribution is -0.130. The zero-order valence-electron chi connectivity index (χ0n) is 12.4. The van der Waals surface area contributed by atoms with Crippen molar-refractivity contribution < 1.29 is 19.4 Å². The van der Waals surface area contributed by atoms with Crippen molar-refractivity contribution in [3.8, 4) is 11.5 Å². The first-order valence-electron chi connectivity index (χ1n) is 6.75. The molecule has 1 aromatic carbocycles. The summed E-state index contributed by atoms with van der Waals surface area (Å²) >= 11 is 0. The van der Waals surface area contributed by atoms with Gasteiger partial charge in [0.15, 0.2) is 11.5 Å². The number of nitrogens with zero attached hydrogens (tertiary/aromatic N) is 1. The maximum Gasteiger partial charge on any atom is 0.226 e. The maximum absolute atomic E-state index is 12.2. The van der Waals surface area contributed by atoms with Crippen LogP contribution in [-0.4, -0.2) is 49.8 Å². The number of ether oxygens (including phenoxy) is 2. The lowest BCUT2D eigenvalue weighted by atomic mass is 10.1. The number of benzene rings is 1. The SMILES string of the molecule is CCN(CCCO)C(=O)Cc1ccc(OC)c(OC)c1. The number of carbonyl (C=O) groups excluding carboxylic acids is 1. The molecule has 0 aliphatic carbocycles. The van der Waals surface area contributed by atoms with Crippen LogP contribution in [0, 0.1) is 0 Å². The second-order valence-electron chi connectivity index (χ2n) is 4.42. The predicted octanol–water partition coefficient (Wildman–Crippen LogP) is 1.48. The van der Waals surface area contributed by atoms with Crippen LogP contribution in [0.2, 0.25) is 0 Å². The summed E-state index contributed by atoms with van der Waals surface area (Å²) in [6.07, 6.45) is 0.922. The van der Waals surface area contributed by atoms with E-state index in [-0.39, 0.29) is 12.5 Å². The molecule has 0 heterocycles. The van der Waals surface area contributed by atoms with Crippen LogP contribution >= 0.6 is 0 Å². The van der Waals surface area contributed by atoms with Crippen molar-refractivity contribution in [2.75, 3.05) is 33.9 Å². The van der Waals surface area contributed by atoms with Crippen LogP contribution in [0.3, 0.4) is 0 Å². The highest BCUT2D eigenvalue weighted by atomic mass is 16.5. The Kier molecular flexibility index (Phi) is 6.87. The Labute approximate surface area is 120 Å². The molecule has 0 aliphatic heterocycles. The van der Waals surface area contributed by atoms with Gasteiger partial charge in [0.25, 0.3) is 0 Å². The molecule has 5 heteroatoms. The van der Waals surface area contributed by atoms with Crippen LogP contribution in [0.1, 0.15) is 18.9 Å². The van der Waals surface area contributed by atoms with Gasteiger partial charge in [0.1, 0.15) is 0 Å². The van der Waals surface area contributed by atoms with E-state index in [0.29, 0.717) is 37.4 Å². The Morgan fingerprint density at radius 1 is 1.25 bits per heavy atom. The van der Waals surface area contributed by atoms with Gasteiger partial charge in [-0.25, -0.2) is 0 Å². The minimum atomic E-state index is 0.0492. The third-order valence-corrected chi connectivity index (χ3v) is 3.12. The average molecular weight is 281 g/mol. The molecule has 0 fully saturated rings. The lowest BCUT2D eigenvalue weighted by Crippen LogP contribution is -2.33. The van der Waals surface area contributed by atoms with Crippen LogP contribution in [-0.2, 0) is 11.2 Å². The maximum atomic E-state index is 12.2. The molecule has 1 N–H and O–H groups in total. The third kappa shape index (κ3) is 4.42. The van der Waals surface area contributed by atoms with Crippen molar-refractivity contribution in [2.24, 2.45) is 0 Å². The molecule has 0 radical (unpaired) electrons. The van der Waals surface area contributed by atoms with E-state index in [4.69, 9.17) is 14.6 Å². The van der Waals surface area contributed by atoms with Crippen molar-refractivity contribution in [3.63, 3.8) is 0 Å². The monoisotopic (exact) mass is 281 g/mol. The van der Waals surface area contributed by atoms with Gasteiger partial charge in [-0.2, -0.15) is 0 Å². The molecule has 0 unspecified atom stereocenters. The highest BCUT2D eigenvalue weighted by molar-refractivity contribution is 5.79. The molecule has 0 aromatic heterocycles. The summed E-state index contributed by atoms with van der Waals surface area (Å²) in [6, 6.07) is 5.47. The zero-order valence-corrected chi connectivity index (χ0v) is 12.4. The summed E-state index contributed by atoms with van der Waals surface area (Å²) in [4.78, 5) is 13.9. The van der Waals surface area contributed by atoms with E-state index in [9.17, 15) is 4.79 Å². The number of hydrogen-bond acceptors (Lipinski definition) is 4. The molecule has 1 aromatic rings. The van der Waals surface area contributed by atoms with E-state index in [0.717, 1.165) is 5.56 Å². The first-order valence-corrected chi connectivity index (χ1v) is 6.75. The van der Waals surface area contributed by atoms with Crippen molar-refractivity contribution in [3.05, 3.63) is 23.8 Å². The van der Waals surface area contributed by atoms with Gasteiger partial charge in [-0.1, -0.05) is 6.07 Å². The van der Waals surface area contributed by atoms with Gasteiger partial charge in [0.2, 0.25) is 5.91 Å². The molecule has 0 spiro atoms. The minimum Gasteiger partial charge on any atom is -0.493 e. The van der Waals surface area contributed by atoms with Gasteiger partial charge in [-0.05, 0) is 31.0 Å². The minimum absolute atomic E-state index is 0.0492. The summed E-state index contributed by atoms with van der Waals surface area (Å²) in [7, 11) is 3.15. The van der Waals surface area contributed by atoms with E-state index < -0.39 is 0 Å². The van der Waals surface area contributed by atoms with E-state index >= 15 is 0 Å². The molecule has 0 saturated carbocycles. The number of carbonyl (C=O) groups is 1. The highest BCUT2D eigenvalue weighted by Crippen LogP contribution is 2.27. The second-order valence-corrected chi connectivity index (χ2v) is 4.42. The molecule has 20 heavy (non-hydrogen) atoms. The number of aliphatic hydroxyl groups is 1. The molecule has 1 rings (SSSR count). The van der Waals surface area contributed by atoms with Crippen LogP contribution in [0.5, 0.6) is 11.5 Å². The Morgan fingerprint density at radius 3 is 2.50 bits per heavy atom. The summed E-state index contributed by atoms with van der Waals surface area (Å²) < 4.78 is 10.4. The van der Waals surface area contributed by atoms with E-state index in [1.165, 1.54) is 0 Å². The van der Waals surface area contributed by atoms with Crippen molar-refractivity contribution in [2.45, 2.75) is 19.8 Å². The quantitative estimate of drug-likeness (QED) is 0.784. The predicted molar refractivity (Wildman–Crippen MR) is 77.2 cm³/mol. The molecule has 0 atom stereocenters. The normalized spacial score (nSPS) is 10.2. The molecular weight excluding hydrogens is 258 g/mol. The molecule has 0 bridgehead atoms. The average Bonchev–Trinajstić information content (AvgIpc) is 2.47. The van der Waals surface area contributed by atoms with Crippen molar-refractivity contribution in [1.29, 1.82) is 0 Å². The second kappa shape index (κ2) is 8.43. The third-order valence-electron chi connectivity index (χ3n) is 3.12. The lowest BCUT2D eigenvalue weighted by Gasteiger charge is -2.20. The molecule has 112 valence electrons. The Balaban J connectivity index is 2.74. The van der Waals surface area contributed by atoms with Crippen LogP contribution in [0.15, 0.2) is 18.2 Å². The number of aliphatic hydroxyl groups excluding tert-OH is 1. The first-order chi connectivity index (χ1) is 9.65. The summed E-state index contributed by atoms with van der Waals surface area (Å²) in [5.41, 5.74) is 0.884. The number of amides is 1. The fourth-order valence-corrected chi connectivity index (χ4v) is 2.00. The fraction of sp³-hybridized carbons (Fsp3) is 0.533. The molecule has 0 saturated heterocycles.